The molecular formula is C16H21NO3. The van der Waals surface area contributed by atoms with Crippen LogP contribution in [0.15, 0.2) is 24.3 Å². The van der Waals surface area contributed by atoms with E-state index in [1.54, 1.807) is 6.92 Å². The maximum Gasteiger partial charge on any atom is 0.308 e. The molecule has 0 unspecified atom stereocenters. The SMILES string of the molecule is COC(=O)[C@H](C)CC(=O)N1Cc2ccccc2C[C@H]1C. The van der Waals surface area contributed by atoms with Gasteiger partial charge >= 0.3 is 5.97 Å². The summed E-state index contributed by atoms with van der Waals surface area (Å²) in [7, 11) is 1.35. The smallest absolute Gasteiger partial charge is 0.308 e. The van der Waals surface area contributed by atoms with E-state index >= 15 is 0 Å². The second kappa shape index (κ2) is 6.07. The highest BCUT2D eigenvalue weighted by Crippen LogP contribution is 2.24. The predicted octanol–water partition coefficient (Wildman–Crippen LogP) is 2.16. The van der Waals surface area contributed by atoms with Crippen molar-refractivity contribution in [1.82, 2.24) is 4.90 Å². The van der Waals surface area contributed by atoms with Crippen molar-refractivity contribution in [3.63, 3.8) is 0 Å². The van der Waals surface area contributed by atoms with Crippen LogP contribution in [-0.4, -0.2) is 29.9 Å². The number of hydrogen-bond acceptors (Lipinski definition) is 3. The summed E-state index contributed by atoms with van der Waals surface area (Å²) in [5, 5.41) is 0. The quantitative estimate of drug-likeness (QED) is 0.794. The normalized spacial score (nSPS) is 19.1. The number of rotatable bonds is 3. The standard InChI is InChI=1S/C16H21NO3/c1-11(16(19)20-3)8-15(18)17-10-14-7-5-4-6-13(14)9-12(17)2/h4-7,11-12H,8-10H2,1-3H3/t11-,12-/m1/s1. The third-order valence-corrected chi connectivity index (χ3v) is 3.91. The van der Waals surface area contributed by atoms with Gasteiger partial charge in [0.05, 0.1) is 13.0 Å². The molecule has 0 bridgehead atoms. The molecule has 1 heterocycles. The zero-order valence-electron chi connectivity index (χ0n) is 12.3. The van der Waals surface area contributed by atoms with Crippen LogP contribution in [0.5, 0.6) is 0 Å². The number of carbonyl (C=O) groups excluding carboxylic acids is 2. The Morgan fingerprint density at radius 3 is 2.65 bits per heavy atom. The number of ether oxygens (including phenoxy) is 1. The first kappa shape index (κ1) is 14.6. The predicted molar refractivity (Wildman–Crippen MR) is 76.0 cm³/mol. The summed E-state index contributed by atoms with van der Waals surface area (Å²) in [6.45, 7) is 4.41. The number of hydrogen-bond donors (Lipinski definition) is 0. The summed E-state index contributed by atoms with van der Waals surface area (Å²) < 4.78 is 4.67. The van der Waals surface area contributed by atoms with Gasteiger partial charge in [-0.3, -0.25) is 9.59 Å². The minimum atomic E-state index is -0.392. The number of benzene rings is 1. The molecule has 0 saturated heterocycles. The third kappa shape index (κ3) is 3.00. The minimum Gasteiger partial charge on any atom is -0.469 e. The summed E-state index contributed by atoms with van der Waals surface area (Å²) >= 11 is 0. The molecule has 1 aliphatic rings. The van der Waals surface area contributed by atoms with E-state index in [0.29, 0.717) is 6.54 Å². The van der Waals surface area contributed by atoms with Gasteiger partial charge < -0.3 is 9.64 Å². The zero-order chi connectivity index (χ0) is 14.7. The molecule has 1 aromatic rings. The van der Waals surface area contributed by atoms with E-state index < -0.39 is 5.92 Å². The van der Waals surface area contributed by atoms with E-state index in [9.17, 15) is 9.59 Å². The van der Waals surface area contributed by atoms with Crippen LogP contribution in [0.2, 0.25) is 0 Å². The number of methoxy groups -OCH3 is 1. The first-order valence-corrected chi connectivity index (χ1v) is 6.97. The zero-order valence-corrected chi connectivity index (χ0v) is 12.3. The molecule has 1 amide bonds. The fourth-order valence-electron chi connectivity index (χ4n) is 2.68. The lowest BCUT2D eigenvalue weighted by Gasteiger charge is -2.35. The third-order valence-electron chi connectivity index (χ3n) is 3.91. The van der Waals surface area contributed by atoms with Crippen molar-refractivity contribution in [3.05, 3.63) is 35.4 Å². The van der Waals surface area contributed by atoms with Crippen LogP contribution < -0.4 is 0 Å². The van der Waals surface area contributed by atoms with Crippen LogP contribution in [0.1, 0.15) is 31.4 Å². The summed E-state index contributed by atoms with van der Waals surface area (Å²) in [4.78, 5) is 25.6. The Balaban J connectivity index is 2.06. The van der Waals surface area contributed by atoms with Gasteiger partial charge in [-0.25, -0.2) is 0 Å². The van der Waals surface area contributed by atoms with Crippen molar-refractivity contribution in [2.24, 2.45) is 5.92 Å². The molecule has 4 nitrogen and oxygen atoms in total. The molecule has 0 spiro atoms. The maximum absolute atomic E-state index is 12.4. The molecule has 0 saturated carbocycles. The number of nitrogens with zero attached hydrogens (tertiary/aromatic N) is 1. The van der Waals surface area contributed by atoms with Gasteiger partial charge in [0.2, 0.25) is 5.91 Å². The molecule has 0 aromatic heterocycles. The first-order valence-electron chi connectivity index (χ1n) is 6.97. The van der Waals surface area contributed by atoms with E-state index in [1.807, 2.05) is 17.0 Å². The molecule has 0 radical (unpaired) electrons. The van der Waals surface area contributed by atoms with E-state index in [0.717, 1.165) is 6.42 Å². The second-order valence-electron chi connectivity index (χ2n) is 5.47. The van der Waals surface area contributed by atoms with Crippen molar-refractivity contribution in [2.75, 3.05) is 7.11 Å². The van der Waals surface area contributed by atoms with Crippen molar-refractivity contribution < 1.29 is 14.3 Å². The molecule has 4 heteroatoms. The number of esters is 1. The van der Waals surface area contributed by atoms with Crippen LogP contribution >= 0.6 is 0 Å². The van der Waals surface area contributed by atoms with Gasteiger partial charge in [0.1, 0.15) is 0 Å². The van der Waals surface area contributed by atoms with Crippen LogP contribution in [0.25, 0.3) is 0 Å². The number of fused-ring (bicyclic) bond motifs is 1. The molecule has 0 N–H and O–H groups in total. The van der Waals surface area contributed by atoms with E-state index in [1.165, 1.54) is 18.2 Å². The highest BCUT2D eigenvalue weighted by Gasteiger charge is 2.28. The summed E-state index contributed by atoms with van der Waals surface area (Å²) in [5.74, 6) is -0.704. The van der Waals surface area contributed by atoms with Gasteiger partial charge in [-0.2, -0.15) is 0 Å². The fourth-order valence-corrected chi connectivity index (χ4v) is 2.68. The lowest BCUT2D eigenvalue weighted by molar-refractivity contribution is -0.149. The van der Waals surface area contributed by atoms with Crippen LogP contribution in [0, 0.1) is 5.92 Å². The van der Waals surface area contributed by atoms with Gasteiger partial charge in [0.25, 0.3) is 0 Å². The monoisotopic (exact) mass is 275 g/mol. The molecule has 1 aliphatic heterocycles. The van der Waals surface area contributed by atoms with E-state index in [-0.39, 0.29) is 24.3 Å². The number of carbonyl (C=O) groups is 2. The summed E-state index contributed by atoms with van der Waals surface area (Å²) in [5.41, 5.74) is 2.51. The molecule has 0 fully saturated rings. The van der Waals surface area contributed by atoms with Crippen molar-refractivity contribution >= 4 is 11.9 Å². The molecule has 1 aromatic carbocycles. The van der Waals surface area contributed by atoms with Crippen molar-refractivity contribution in [3.8, 4) is 0 Å². The molecule has 20 heavy (non-hydrogen) atoms. The van der Waals surface area contributed by atoms with Gasteiger partial charge in [0.15, 0.2) is 0 Å². The van der Waals surface area contributed by atoms with Crippen molar-refractivity contribution in [1.29, 1.82) is 0 Å². The Morgan fingerprint density at radius 2 is 2.00 bits per heavy atom. The lowest BCUT2D eigenvalue weighted by Crippen LogP contribution is -2.43. The number of amides is 1. The van der Waals surface area contributed by atoms with E-state index in [2.05, 4.69) is 23.8 Å². The fraction of sp³-hybridized carbons (Fsp3) is 0.500. The Hall–Kier alpha value is -1.84. The van der Waals surface area contributed by atoms with Crippen LogP contribution in [0.4, 0.5) is 0 Å². The summed E-state index contributed by atoms with van der Waals surface area (Å²) in [6, 6.07) is 8.37. The van der Waals surface area contributed by atoms with Crippen molar-refractivity contribution in [2.45, 2.75) is 39.3 Å². The minimum absolute atomic E-state index is 0.0184. The van der Waals surface area contributed by atoms with Gasteiger partial charge in [-0.05, 0) is 24.5 Å². The molecule has 108 valence electrons. The molecule has 0 aliphatic carbocycles. The Kier molecular flexibility index (Phi) is 4.42. The van der Waals surface area contributed by atoms with Crippen LogP contribution in [0.3, 0.4) is 0 Å². The Morgan fingerprint density at radius 1 is 1.35 bits per heavy atom. The summed E-state index contributed by atoms with van der Waals surface area (Å²) in [6.07, 6.45) is 1.08. The molecular weight excluding hydrogens is 254 g/mol. The van der Waals surface area contributed by atoms with Crippen LogP contribution in [-0.2, 0) is 27.3 Å². The van der Waals surface area contributed by atoms with Gasteiger partial charge in [-0.15, -0.1) is 0 Å². The highest BCUT2D eigenvalue weighted by atomic mass is 16.5. The lowest BCUT2D eigenvalue weighted by atomic mass is 9.94. The topological polar surface area (TPSA) is 46.6 Å². The first-order chi connectivity index (χ1) is 9.52. The van der Waals surface area contributed by atoms with Gasteiger partial charge in [-0.1, -0.05) is 31.2 Å². The molecule has 2 rings (SSSR count). The average Bonchev–Trinajstić information content (AvgIpc) is 2.45. The largest absolute Gasteiger partial charge is 0.469 e. The Labute approximate surface area is 119 Å². The Bertz CT molecular complexity index is 512. The second-order valence-corrected chi connectivity index (χ2v) is 5.47. The maximum atomic E-state index is 12.4. The average molecular weight is 275 g/mol. The highest BCUT2D eigenvalue weighted by molar-refractivity contribution is 5.83. The van der Waals surface area contributed by atoms with E-state index in [4.69, 9.17) is 0 Å². The van der Waals surface area contributed by atoms with Gasteiger partial charge in [0, 0.05) is 19.0 Å². The molecule has 2 atom stereocenters.